The lowest BCUT2D eigenvalue weighted by Crippen LogP contribution is -2.08. The molecule has 11 heavy (non-hydrogen) atoms. The van der Waals surface area contributed by atoms with Crippen molar-refractivity contribution in [2.75, 3.05) is 0 Å². The van der Waals surface area contributed by atoms with E-state index < -0.39 is 5.97 Å². The molecular formula is C6H6ClNO3. The summed E-state index contributed by atoms with van der Waals surface area (Å²) < 4.78 is 0. The number of carbonyl (C=O) groups excluding carboxylic acids is 1. The third-order valence-electron chi connectivity index (χ3n) is 0.782. The summed E-state index contributed by atoms with van der Waals surface area (Å²) in [6, 6.07) is 0. The monoisotopic (exact) mass is 175 g/mol. The molecule has 0 aromatic carbocycles. The molecule has 3 N–H and O–H groups in total. The molecule has 0 saturated heterocycles. The minimum absolute atomic E-state index is 0.103. The van der Waals surface area contributed by atoms with E-state index in [1.165, 1.54) is 0 Å². The molecular weight excluding hydrogens is 170 g/mol. The Hall–Kier alpha value is -1.29. The van der Waals surface area contributed by atoms with Gasteiger partial charge in [0, 0.05) is 0 Å². The van der Waals surface area contributed by atoms with Crippen LogP contribution < -0.4 is 5.73 Å². The van der Waals surface area contributed by atoms with Crippen LogP contribution in [0.25, 0.3) is 0 Å². The van der Waals surface area contributed by atoms with E-state index in [4.69, 9.17) is 22.4 Å². The summed E-state index contributed by atoms with van der Waals surface area (Å²) in [5, 5.41) is 8.11. The molecule has 5 heteroatoms. The highest BCUT2D eigenvalue weighted by Gasteiger charge is 1.97. The van der Waals surface area contributed by atoms with Gasteiger partial charge in [-0.1, -0.05) is 11.6 Å². The van der Waals surface area contributed by atoms with Crippen molar-refractivity contribution in [2.45, 2.75) is 0 Å². The number of aldehydes is 1. The average Bonchev–Trinajstić information content (AvgIpc) is 1.99. The van der Waals surface area contributed by atoms with Crippen molar-refractivity contribution in [3.8, 4) is 0 Å². The highest BCUT2D eigenvalue weighted by Crippen LogP contribution is 1.96. The molecule has 0 unspecified atom stereocenters. The Morgan fingerprint density at radius 3 is 2.36 bits per heavy atom. The minimum Gasteiger partial charge on any atom is -0.477 e. The number of hydrogen-bond acceptors (Lipinski definition) is 3. The molecule has 0 aromatic rings. The molecule has 4 nitrogen and oxygen atoms in total. The average molecular weight is 176 g/mol. The lowest BCUT2D eigenvalue weighted by atomic mass is 10.4. The van der Waals surface area contributed by atoms with Crippen LogP contribution in [-0.4, -0.2) is 17.4 Å². The second-order valence-electron chi connectivity index (χ2n) is 1.60. The molecule has 0 bridgehead atoms. The number of carboxylic acid groups (broad SMARTS) is 1. The molecule has 0 aliphatic rings. The zero-order valence-corrected chi connectivity index (χ0v) is 6.21. The van der Waals surface area contributed by atoms with Gasteiger partial charge in [-0.15, -0.1) is 0 Å². The van der Waals surface area contributed by atoms with Crippen molar-refractivity contribution >= 4 is 23.9 Å². The van der Waals surface area contributed by atoms with E-state index in [2.05, 4.69) is 0 Å². The standard InChI is InChI=1S/C6H6ClNO3/c7-4(3-9)1-2-5(8)6(10)11/h1-3H,8H2,(H,10,11)/b4-1+,5-2+. The fourth-order valence-corrected chi connectivity index (χ4v) is 0.343. The molecule has 0 rings (SSSR count). The summed E-state index contributed by atoms with van der Waals surface area (Å²) in [6.45, 7) is 0. The van der Waals surface area contributed by atoms with Crippen LogP contribution in [0, 0.1) is 0 Å². The van der Waals surface area contributed by atoms with Crippen LogP contribution >= 0.6 is 11.6 Å². The zero-order chi connectivity index (χ0) is 8.85. The molecule has 0 fully saturated rings. The van der Waals surface area contributed by atoms with Gasteiger partial charge in [0.2, 0.25) is 0 Å². The van der Waals surface area contributed by atoms with Crippen LogP contribution in [0.3, 0.4) is 0 Å². The van der Waals surface area contributed by atoms with E-state index in [-0.39, 0.29) is 10.7 Å². The van der Waals surface area contributed by atoms with Gasteiger partial charge in [-0.05, 0) is 12.2 Å². The molecule has 0 heterocycles. The maximum Gasteiger partial charge on any atom is 0.351 e. The Kier molecular flexibility index (Phi) is 3.98. The summed E-state index contributed by atoms with van der Waals surface area (Å²) in [5.41, 5.74) is 4.59. The first-order chi connectivity index (χ1) is 5.07. The van der Waals surface area contributed by atoms with Crippen molar-refractivity contribution in [1.29, 1.82) is 0 Å². The molecule has 0 aromatic heterocycles. The van der Waals surface area contributed by atoms with Gasteiger partial charge in [-0.2, -0.15) is 0 Å². The van der Waals surface area contributed by atoms with Gasteiger partial charge in [0.05, 0.1) is 5.03 Å². The van der Waals surface area contributed by atoms with Gasteiger partial charge in [-0.25, -0.2) is 4.79 Å². The summed E-state index contributed by atoms with van der Waals surface area (Å²) in [6.07, 6.45) is 2.53. The van der Waals surface area contributed by atoms with Gasteiger partial charge < -0.3 is 10.8 Å². The normalized spacial score (nSPS) is 12.8. The Labute approximate surface area is 67.9 Å². The highest BCUT2D eigenvalue weighted by atomic mass is 35.5. The second kappa shape index (κ2) is 4.51. The van der Waals surface area contributed by atoms with Gasteiger partial charge in [-0.3, -0.25) is 4.79 Å². The summed E-state index contributed by atoms with van der Waals surface area (Å²) >= 11 is 5.21. The Morgan fingerprint density at radius 1 is 1.45 bits per heavy atom. The van der Waals surface area contributed by atoms with Crippen LogP contribution in [0.5, 0.6) is 0 Å². The maximum atomic E-state index is 10.0. The van der Waals surface area contributed by atoms with Crippen molar-refractivity contribution in [1.82, 2.24) is 0 Å². The van der Waals surface area contributed by atoms with Crippen molar-refractivity contribution in [3.05, 3.63) is 22.9 Å². The van der Waals surface area contributed by atoms with E-state index >= 15 is 0 Å². The van der Waals surface area contributed by atoms with Crippen LogP contribution in [0.1, 0.15) is 0 Å². The maximum absolute atomic E-state index is 10.0. The molecule has 0 spiro atoms. The van der Waals surface area contributed by atoms with Crippen LogP contribution in [0.15, 0.2) is 22.9 Å². The predicted octanol–water partition coefficient (Wildman–Crippen LogP) is 0.235. The first-order valence-corrected chi connectivity index (χ1v) is 2.97. The summed E-state index contributed by atoms with van der Waals surface area (Å²) in [4.78, 5) is 19.9. The quantitative estimate of drug-likeness (QED) is 0.366. The fraction of sp³-hybridized carbons (Fsp3) is 0. The van der Waals surface area contributed by atoms with Gasteiger partial charge >= 0.3 is 5.97 Å². The molecule has 0 atom stereocenters. The molecule has 0 amide bonds. The second-order valence-corrected chi connectivity index (χ2v) is 2.03. The number of rotatable bonds is 3. The van der Waals surface area contributed by atoms with Crippen LogP contribution in [0.4, 0.5) is 0 Å². The van der Waals surface area contributed by atoms with Gasteiger partial charge in [0.1, 0.15) is 5.70 Å². The predicted molar refractivity (Wildman–Crippen MR) is 39.9 cm³/mol. The number of nitrogens with two attached hydrogens (primary N) is 1. The molecule has 60 valence electrons. The zero-order valence-electron chi connectivity index (χ0n) is 5.45. The lowest BCUT2D eigenvalue weighted by Gasteiger charge is -1.87. The van der Waals surface area contributed by atoms with E-state index in [0.717, 1.165) is 12.2 Å². The van der Waals surface area contributed by atoms with Crippen molar-refractivity contribution < 1.29 is 14.7 Å². The van der Waals surface area contributed by atoms with E-state index in [9.17, 15) is 9.59 Å². The third-order valence-corrected chi connectivity index (χ3v) is 0.997. The Balaban J connectivity index is 4.34. The number of carbonyl (C=O) groups is 2. The third kappa shape index (κ3) is 4.16. The smallest absolute Gasteiger partial charge is 0.351 e. The van der Waals surface area contributed by atoms with Gasteiger partial charge in [0.15, 0.2) is 6.29 Å². The van der Waals surface area contributed by atoms with Crippen molar-refractivity contribution in [2.24, 2.45) is 5.73 Å². The molecule has 0 aliphatic heterocycles. The first kappa shape index (κ1) is 9.71. The van der Waals surface area contributed by atoms with Crippen LogP contribution in [-0.2, 0) is 9.59 Å². The van der Waals surface area contributed by atoms with Gasteiger partial charge in [0.25, 0.3) is 0 Å². The highest BCUT2D eigenvalue weighted by molar-refractivity contribution is 6.38. The first-order valence-electron chi connectivity index (χ1n) is 2.59. The summed E-state index contributed by atoms with van der Waals surface area (Å²) in [7, 11) is 0. The number of allylic oxidation sites excluding steroid dienone is 3. The number of halogens is 1. The Bertz CT molecular complexity index is 232. The number of hydrogen-bond donors (Lipinski definition) is 2. The largest absolute Gasteiger partial charge is 0.477 e. The van der Waals surface area contributed by atoms with E-state index in [1.54, 1.807) is 0 Å². The molecule has 0 aliphatic carbocycles. The topological polar surface area (TPSA) is 80.4 Å². The minimum atomic E-state index is -1.25. The number of carboxylic acids is 1. The molecule has 0 saturated carbocycles. The van der Waals surface area contributed by atoms with Crippen molar-refractivity contribution in [3.63, 3.8) is 0 Å². The van der Waals surface area contributed by atoms with E-state index in [1.807, 2.05) is 0 Å². The lowest BCUT2D eigenvalue weighted by molar-refractivity contribution is -0.132. The van der Waals surface area contributed by atoms with E-state index in [0.29, 0.717) is 6.29 Å². The number of aliphatic carboxylic acids is 1. The van der Waals surface area contributed by atoms with Crippen LogP contribution in [0.2, 0.25) is 0 Å². The molecule has 0 radical (unpaired) electrons. The SMILES string of the molecule is N/C(=C/C=C(/Cl)C=O)C(=O)O. The summed E-state index contributed by atoms with van der Waals surface area (Å²) in [5.74, 6) is -1.25. The Morgan fingerprint density at radius 2 is 2.00 bits per heavy atom. The fourth-order valence-electron chi connectivity index (χ4n) is 0.280.